The highest BCUT2D eigenvalue weighted by atomic mass is 32.2. The van der Waals surface area contributed by atoms with E-state index in [-0.39, 0.29) is 11.5 Å². The summed E-state index contributed by atoms with van der Waals surface area (Å²) in [5.41, 5.74) is 0.584. The number of nitrogens with one attached hydrogen (secondary N) is 1. The molecular weight excluding hydrogens is 316 g/mol. The number of carbonyl (C=O) groups is 2. The van der Waals surface area contributed by atoms with Crippen LogP contribution in [0.3, 0.4) is 0 Å². The Bertz CT molecular complexity index is 612. The minimum atomic E-state index is -1.06. The van der Waals surface area contributed by atoms with Crippen molar-refractivity contribution in [2.45, 2.75) is 39.3 Å². The number of carboxylic acids is 1. The van der Waals surface area contributed by atoms with Crippen LogP contribution in [0.4, 0.5) is 0 Å². The van der Waals surface area contributed by atoms with Crippen molar-refractivity contribution in [3.05, 3.63) is 34.2 Å². The third-order valence-corrected chi connectivity index (χ3v) is 4.15. The third kappa shape index (κ3) is 5.42. The number of aryl methyl sites for hydroxylation is 1. The van der Waals surface area contributed by atoms with E-state index in [4.69, 9.17) is 0 Å². The van der Waals surface area contributed by atoms with E-state index in [0.29, 0.717) is 12.2 Å². The van der Waals surface area contributed by atoms with E-state index < -0.39 is 24.0 Å². The van der Waals surface area contributed by atoms with Gasteiger partial charge in [0, 0.05) is 12.3 Å². The minimum absolute atomic E-state index is 0.149. The first-order valence-corrected chi connectivity index (χ1v) is 8.88. The summed E-state index contributed by atoms with van der Waals surface area (Å²) in [6.07, 6.45) is 3.85. The first-order chi connectivity index (χ1) is 10.8. The summed E-state index contributed by atoms with van der Waals surface area (Å²) in [6.45, 7) is 5.50. The molecule has 2 N–H and O–H groups in total. The molecule has 0 aromatic carbocycles. The molecule has 0 aliphatic heterocycles. The Balaban J connectivity index is 3.05. The van der Waals surface area contributed by atoms with Crippen molar-refractivity contribution in [2.24, 2.45) is 5.92 Å². The zero-order valence-corrected chi connectivity index (χ0v) is 14.7. The predicted molar refractivity (Wildman–Crippen MR) is 91.9 cm³/mol. The quantitative estimate of drug-likeness (QED) is 0.751. The molecule has 0 saturated carbocycles. The average Bonchev–Trinajstić information content (AvgIpc) is 2.46. The molecule has 0 spiro atoms. The highest BCUT2D eigenvalue weighted by Crippen LogP contribution is 2.17. The largest absolute Gasteiger partial charge is 0.480 e. The molecule has 128 valence electrons. The van der Waals surface area contributed by atoms with Crippen molar-refractivity contribution in [2.75, 3.05) is 12.0 Å². The zero-order chi connectivity index (χ0) is 17.6. The van der Waals surface area contributed by atoms with Gasteiger partial charge in [-0.15, -0.1) is 0 Å². The van der Waals surface area contributed by atoms with Gasteiger partial charge in [-0.25, -0.2) is 4.79 Å². The fraction of sp³-hybridized carbons (Fsp3) is 0.562. The van der Waals surface area contributed by atoms with E-state index in [2.05, 4.69) is 5.32 Å². The first kappa shape index (κ1) is 19.3. The highest BCUT2D eigenvalue weighted by molar-refractivity contribution is 7.98. The molecule has 1 amide bonds. The third-order valence-electron chi connectivity index (χ3n) is 3.51. The van der Waals surface area contributed by atoms with E-state index in [1.54, 1.807) is 12.3 Å². The summed E-state index contributed by atoms with van der Waals surface area (Å²) in [6, 6.07) is 1.42. The van der Waals surface area contributed by atoms with Crippen LogP contribution in [0.1, 0.15) is 31.9 Å². The van der Waals surface area contributed by atoms with Crippen LogP contribution >= 0.6 is 11.8 Å². The number of hydrogen-bond acceptors (Lipinski definition) is 4. The Morgan fingerprint density at radius 1 is 1.35 bits per heavy atom. The molecule has 2 atom stereocenters. The summed E-state index contributed by atoms with van der Waals surface area (Å²) in [5, 5.41) is 11.8. The van der Waals surface area contributed by atoms with Gasteiger partial charge < -0.3 is 15.0 Å². The second kappa shape index (κ2) is 8.76. The van der Waals surface area contributed by atoms with E-state index in [1.807, 2.05) is 27.0 Å². The molecule has 0 saturated heterocycles. The molecular formula is C16H24N2O4S. The van der Waals surface area contributed by atoms with Crippen LogP contribution < -0.4 is 10.9 Å². The second-order valence-corrected chi connectivity index (χ2v) is 6.81. The second-order valence-electron chi connectivity index (χ2n) is 5.82. The molecule has 1 aromatic heterocycles. The molecule has 0 aliphatic rings. The van der Waals surface area contributed by atoms with Crippen LogP contribution in [0.2, 0.25) is 0 Å². The lowest BCUT2D eigenvalue weighted by molar-refractivity contribution is -0.142. The Morgan fingerprint density at radius 2 is 2.00 bits per heavy atom. The van der Waals surface area contributed by atoms with Crippen molar-refractivity contribution >= 4 is 23.6 Å². The first-order valence-electron chi connectivity index (χ1n) is 7.48. The molecule has 0 radical (unpaired) electrons. The average molecular weight is 340 g/mol. The topological polar surface area (TPSA) is 88.4 Å². The smallest absolute Gasteiger partial charge is 0.326 e. The molecule has 23 heavy (non-hydrogen) atoms. The lowest BCUT2D eigenvalue weighted by Gasteiger charge is -2.25. The van der Waals surface area contributed by atoms with E-state index in [0.717, 1.165) is 5.56 Å². The van der Waals surface area contributed by atoms with Gasteiger partial charge in [0.05, 0.1) is 0 Å². The standard InChI is InChI=1S/C16H24N2O4S/c1-10(2)14(18-9-11(3)5-6-13(18)19)15(20)17-12(16(21)22)7-8-23-4/h5-6,9-10,12,14H,7-8H2,1-4H3,(H,17,20)(H,21,22). The number of carbonyl (C=O) groups excluding carboxylic acids is 1. The monoisotopic (exact) mass is 340 g/mol. The summed E-state index contributed by atoms with van der Waals surface area (Å²) in [7, 11) is 0. The molecule has 6 nitrogen and oxygen atoms in total. The Kier molecular flexibility index (Phi) is 7.35. The highest BCUT2D eigenvalue weighted by Gasteiger charge is 2.29. The van der Waals surface area contributed by atoms with Crippen LogP contribution in [0.5, 0.6) is 0 Å². The summed E-state index contributed by atoms with van der Waals surface area (Å²) < 4.78 is 1.38. The van der Waals surface area contributed by atoms with Crippen LogP contribution in [0.25, 0.3) is 0 Å². The number of hydrogen-bond donors (Lipinski definition) is 2. The molecule has 2 unspecified atom stereocenters. The molecule has 0 bridgehead atoms. The van der Waals surface area contributed by atoms with Crippen molar-refractivity contribution in [3.8, 4) is 0 Å². The SMILES string of the molecule is CSCCC(NC(=O)C(C(C)C)n1cc(C)ccc1=O)C(=O)O. The maximum atomic E-state index is 12.6. The van der Waals surface area contributed by atoms with Crippen LogP contribution in [0, 0.1) is 12.8 Å². The van der Waals surface area contributed by atoms with Gasteiger partial charge in [0.15, 0.2) is 0 Å². The van der Waals surface area contributed by atoms with E-state index >= 15 is 0 Å². The van der Waals surface area contributed by atoms with Crippen molar-refractivity contribution < 1.29 is 14.7 Å². The van der Waals surface area contributed by atoms with Crippen molar-refractivity contribution in [3.63, 3.8) is 0 Å². The van der Waals surface area contributed by atoms with E-state index in [9.17, 15) is 19.5 Å². The predicted octanol–water partition coefficient (Wildman–Crippen LogP) is 1.68. The summed E-state index contributed by atoms with van der Waals surface area (Å²) >= 11 is 1.52. The van der Waals surface area contributed by atoms with Gasteiger partial charge >= 0.3 is 5.97 Å². The molecule has 0 aliphatic carbocycles. The maximum Gasteiger partial charge on any atom is 0.326 e. The Morgan fingerprint density at radius 3 is 2.52 bits per heavy atom. The van der Waals surface area contributed by atoms with E-state index in [1.165, 1.54) is 22.4 Å². The Labute approximate surface area is 140 Å². The summed E-state index contributed by atoms with van der Waals surface area (Å²) in [5.74, 6) is -1.02. The summed E-state index contributed by atoms with van der Waals surface area (Å²) in [4.78, 5) is 36.0. The lowest BCUT2D eigenvalue weighted by Crippen LogP contribution is -2.47. The van der Waals surface area contributed by atoms with Gasteiger partial charge in [0.25, 0.3) is 5.56 Å². The fourth-order valence-electron chi connectivity index (χ4n) is 2.33. The number of carboxylic acid groups (broad SMARTS) is 1. The normalized spacial score (nSPS) is 13.6. The van der Waals surface area contributed by atoms with Gasteiger partial charge in [-0.1, -0.05) is 19.9 Å². The van der Waals surface area contributed by atoms with Gasteiger partial charge in [-0.05, 0) is 36.8 Å². The van der Waals surface area contributed by atoms with Crippen LogP contribution in [0.15, 0.2) is 23.1 Å². The number of amides is 1. The van der Waals surface area contributed by atoms with Gasteiger partial charge in [0.2, 0.25) is 5.91 Å². The zero-order valence-electron chi connectivity index (χ0n) is 13.9. The van der Waals surface area contributed by atoms with Crippen LogP contribution in [-0.2, 0) is 9.59 Å². The van der Waals surface area contributed by atoms with Gasteiger partial charge in [-0.2, -0.15) is 11.8 Å². The van der Waals surface area contributed by atoms with Crippen molar-refractivity contribution in [1.29, 1.82) is 0 Å². The van der Waals surface area contributed by atoms with Gasteiger partial charge in [-0.3, -0.25) is 9.59 Å². The lowest BCUT2D eigenvalue weighted by atomic mass is 10.0. The molecule has 7 heteroatoms. The molecule has 1 aromatic rings. The minimum Gasteiger partial charge on any atom is -0.480 e. The maximum absolute atomic E-state index is 12.6. The molecule has 0 fully saturated rings. The number of thioether (sulfide) groups is 1. The number of pyridine rings is 1. The molecule has 1 heterocycles. The van der Waals surface area contributed by atoms with Gasteiger partial charge in [0.1, 0.15) is 12.1 Å². The fourth-order valence-corrected chi connectivity index (χ4v) is 2.80. The Hall–Kier alpha value is -1.76. The molecule has 1 rings (SSSR count). The number of rotatable bonds is 8. The number of aromatic nitrogens is 1. The van der Waals surface area contributed by atoms with Crippen LogP contribution in [-0.4, -0.2) is 39.6 Å². The number of aliphatic carboxylic acids is 1. The van der Waals surface area contributed by atoms with Crippen molar-refractivity contribution in [1.82, 2.24) is 9.88 Å². The number of nitrogens with zero attached hydrogens (tertiary/aromatic N) is 1.